The first-order chi connectivity index (χ1) is 8.60. The van der Waals surface area contributed by atoms with Crippen LogP contribution in [0.4, 0.5) is 5.82 Å². The number of hydrogen-bond acceptors (Lipinski definition) is 6. The SMILES string of the molecule is COC(=O)c1nc(C)cc(N2CCCC(O)C2)n1. The van der Waals surface area contributed by atoms with E-state index in [2.05, 4.69) is 14.7 Å². The first kappa shape index (κ1) is 12.8. The summed E-state index contributed by atoms with van der Waals surface area (Å²) in [7, 11) is 1.30. The average molecular weight is 251 g/mol. The number of ether oxygens (including phenoxy) is 1. The fourth-order valence-corrected chi connectivity index (χ4v) is 2.06. The smallest absolute Gasteiger partial charge is 0.376 e. The molecule has 0 bridgehead atoms. The van der Waals surface area contributed by atoms with Gasteiger partial charge in [0.2, 0.25) is 5.82 Å². The second-order valence-corrected chi connectivity index (χ2v) is 4.42. The second-order valence-electron chi connectivity index (χ2n) is 4.42. The van der Waals surface area contributed by atoms with Crippen LogP contribution in [-0.4, -0.2) is 47.3 Å². The molecule has 2 rings (SSSR count). The van der Waals surface area contributed by atoms with Gasteiger partial charge in [0.1, 0.15) is 5.82 Å². The van der Waals surface area contributed by atoms with Crippen molar-refractivity contribution in [3.63, 3.8) is 0 Å². The fourth-order valence-electron chi connectivity index (χ4n) is 2.06. The molecule has 1 aromatic heterocycles. The Balaban J connectivity index is 2.27. The predicted molar refractivity (Wildman–Crippen MR) is 65.6 cm³/mol. The number of aliphatic hydroxyl groups is 1. The van der Waals surface area contributed by atoms with Gasteiger partial charge in [0, 0.05) is 24.8 Å². The van der Waals surface area contributed by atoms with Crippen LogP contribution in [0.15, 0.2) is 6.07 Å². The molecule has 1 aromatic rings. The highest BCUT2D eigenvalue weighted by atomic mass is 16.5. The maximum absolute atomic E-state index is 11.4. The number of aryl methyl sites for hydroxylation is 1. The van der Waals surface area contributed by atoms with Gasteiger partial charge in [0.05, 0.1) is 13.2 Å². The van der Waals surface area contributed by atoms with Crippen molar-refractivity contribution in [1.82, 2.24) is 9.97 Å². The minimum absolute atomic E-state index is 0.0626. The summed E-state index contributed by atoms with van der Waals surface area (Å²) in [6.07, 6.45) is 1.39. The molecule has 0 spiro atoms. The Kier molecular flexibility index (Phi) is 3.76. The monoisotopic (exact) mass is 251 g/mol. The van der Waals surface area contributed by atoms with E-state index in [0.29, 0.717) is 18.1 Å². The normalized spacial score (nSPS) is 19.7. The molecule has 2 heterocycles. The number of aliphatic hydroxyl groups excluding tert-OH is 1. The molecular formula is C12H17N3O3. The minimum atomic E-state index is -0.544. The van der Waals surface area contributed by atoms with Gasteiger partial charge < -0.3 is 14.7 Å². The Labute approximate surface area is 106 Å². The highest BCUT2D eigenvalue weighted by Gasteiger charge is 2.21. The molecule has 6 heteroatoms. The Morgan fingerprint density at radius 2 is 2.33 bits per heavy atom. The molecule has 1 unspecified atom stereocenters. The number of aromatic nitrogens is 2. The van der Waals surface area contributed by atoms with E-state index in [1.54, 1.807) is 6.92 Å². The van der Waals surface area contributed by atoms with Gasteiger partial charge in [-0.2, -0.15) is 0 Å². The number of hydrogen-bond donors (Lipinski definition) is 1. The molecule has 18 heavy (non-hydrogen) atoms. The standard InChI is InChI=1S/C12H17N3O3/c1-8-6-10(14-11(13-8)12(17)18-2)15-5-3-4-9(16)7-15/h6,9,16H,3-5,7H2,1-2H3. The molecule has 0 aliphatic carbocycles. The maximum Gasteiger partial charge on any atom is 0.376 e. The summed E-state index contributed by atoms with van der Waals surface area (Å²) < 4.78 is 4.62. The summed E-state index contributed by atoms with van der Waals surface area (Å²) in [6, 6.07) is 1.81. The van der Waals surface area contributed by atoms with Crippen molar-refractivity contribution in [2.45, 2.75) is 25.9 Å². The van der Waals surface area contributed by atoms with E-state index in [4.69, 9.17) is 0 Å². The summed E-state index contributed by atoms with van der Waals surface area (Å²) in [5.41, 5.74) is 0.709. The molecule has 1 fully saturated rings. The zero-order valence-electron chi connectivity index (χ0n) is 10.6. The van der Waals surface area contributed by atoms with Crippen LogP contribution in [0.25, 0.3) is 0 Å². The van der Waals surface area contributed by atoms with Gasteiger partial charge in [-0.25, -0.2) is 14.8 Å². The van der Waals surface area contributed by atoms with Crippen molar-refractivity contribution >= 4 is 11.8 Å². The third-order valence-electron chi connectivity index (χ3n) is 2.93. The number of methoxy groups -OCH3 is 1. The van der Waals surface area contributed by atoms with E-state index in [1.165, 1.54) is 7.11 Å². The van der Waals surface area contributed by atoms with Crippen LogP contribution in [0.3, 0.4) is 0 Å². The Hall–Kier alpha value is -1.69. The van der Waals surface area contributed by atoms with E-state index in [1.807, 2.05) is 11.0 Å². The van der Waals surface area contributed by atoms with Crippen LogP contribution in [-0.2, 0) is 4.74 Å². The lowest BCUT2D eigenvalue weighted by Gasteiger charge is -2.31. The number of esters is 1. The summed E-state index contributed by atoms with van der Waals surface area (Å²) >= 11 is 0. The number of piperidine rings is 1. The predicted octanol–water partition coefficient (Wildman–Crippen LogP) is 0.533. The highest BCUT2D eigenvalue weighted by Crippen LogP contribution is 2.18. The van der Waals surface area contributed by atoms with Crippen LogP contribution in [0.2, 0.25) is 0 Å². The van der Waals surface area contributed by atoms with Gasteiger partial charge in [-0.15, -0.1) is 0 Å². The van der Waals surface area contributed by atoms with Crippen molar-refractivity contribution in [2.24, 2.45) is 0 Å². The van der Waals surface area contributed by atoms with Gasteiger partial charge in [-0.3, -0.25) is 0 Å². The van der Waals surface area contributed by atoms with Crippen LogP contribution in [0, 0.1) is 6.92 Å². The van der Waals surface area contributed by atoms with Crippen LogP contribution in [0.5, 0.6) is 0 Å². The number of rotatable bonds is 2. The topological polar surface area (TPSA) is 75.5 Å². The second kappa shape index (κ2) is 5.30. The van der Waals surface area contributed by atoms with E-state index in [0.717, 1.165) is 19.4 Å². The van der Waals surface area contributed by atoms with E-state index in [9.17, 15) is 9.90 Å². The van der Waals surface area contributed by atoms with Crippen molar-refractivity contribution in [3.8, 4) is 0 Å². The minimum Gasteiger partial charge on any atom is -0.463 e. The Morgan fingerprint density at radius 1 is 1.56 bits per heavy atom. The summed E-state index contributed by atoms with van der Waals surface area (Å²) in [4.78, 5) is 21.7. The molecule has 0 saturated carbocycles. The molecule has 0 amide bonds. The molecular weight excluding hydrogens is 234 g/mol. The number of carbonyl (C=O) groups is 1. The third kappa shape index (κ3) is 2.76. The van der Waals surface area contributed by atoms with Crippen molar-refractivity contribution in [1.29, 1.82) is 0 Å². The fraction of sp³-hybridized carbons (Fsp3) is 0.583. The molecule has 1 aliphatic heterocycles. The molecule has 6 nitrogen and oxygen atoms in total. The van der Waals surface area contributed by atoms with Crippen molar-refractivity contribution < 1.29 is 14.6 Å². The van der Waals surface area contributed by atoms with Crippen LogP contribution >= 0.6 is 0 Å². The van der Waals surface area contributed by atoms with E-state index in [-0.39, 0.29) is 11.9 Å². The van der Waals surface area contributed by atoms with Gasteiger partial charge in [-0.05, 0) is 19.8 Å². The average Bonchev–Trinajstić information content (AvgIpc) is 2.37. The molecule has 0 radical (unpaired) electrons. The number of anilines is 1. The quantitative estimate of drug-likeness (QED) is 0.773. The third-order valence-corrected chi connectivity index (χ3v) is 2.93. The number of carbonyl (C=O) groups excluding carboxylic acids is 1. The number of β-amino-alcohol motifs (C(OH)–C–C–N with tert-alkyl or cyclic N) is 1. The van der Waals surface area contributed by atoms with Crippen LogP contribution < -0.4 is 4.90 Å². The summed E-state index contributed by atoms with van der Waals surface area (Å²) in [6.45, 7) is 3.17. The Morgan fingerprint density at radius 3 is 3.00 bits per heavy atom. The summed E-state index contributed by atoms with van der Waals surface area (Å²) in [5.74, 6) is 0.187. The van der Waals surface area contributed by atoms with Gasteiger partial charge >= 0.3 is 5.97 Å². The van der Waals surface area contributed by atoms with Gasteiger partial charge in [0.25, 0.3) is 0 Å². The van der Waals surface area contributed by atoms with Gasteiger partial charge in [-0.1, -0.05) is 0 Å². The molecule has 98 valence electrons. The molecule has 1 N–H and O–H groups in total. The molecule has 1 atom stereocenters. The Bertz CT molecular complexity index is 450. The first-order valence-electron chi connectivity index (χ1n) is 5.97. The van der Waals surface area contributed by atoms with Gasteiger partial charge in [0.15, 0.2) is 0 Å². The lowest BCUT2D eigenvalue weighted by molar-refractivity contribution is 0.0586. The summed E-state index contributed by atoms with van der Waals surface area (Å²) in [5, 5.41) is 9.66. The molecule has 0 aromatic carbocycles. The van der Waals surface area contributed by atoms with E-state index >= 15 is 0 Å². The van der Waals surface area contributed by atoms with Crippen LogP contribution in [0.1, 0.15) is 29.2 Å². The lowest BCUT2D eigenvalue weighted by Crippen LogP contribution is -2.39. The first-order valence-corrected chi connectivity index (χ1v) is 5.97. The lowest BCUT2D eigenvalue weighted by atomic mass is 10.1. The molecule has 1 saturated heterocycles. The van der Waals surface area contributed by atoms with E-state index < -0.39 is 5.97 Å². The largest absolute Gasteiger partial charge is 0.463 e. The highest BCUT2D eigenvalue weighted by molar-refractivity contribution is 5.85. The zero-order chi connectivity index (χ0) is 13.1. The van der Waals surface area contributed by atoms with Crippen molar-refractivity contribution in [3.05, 3.63) is 17.6 Å². The molecule has 1 aliphatic rings. The zero-order valence-corrected chi connectivity index (χ0v) is 10.6. The van der Waals surface area contributed by atoms with Crippen molar-refractivity contribution in [2.75, 3.05) is 25.1 Å². The maximum atomic E-state index is 11.4. The number of nitrogens with zero attached hydrogens (tertiary/aromatic N) is 3.